The Hall–Kier alpha value is -2.15. The Balaban J connectivity index is 0.00000169. The molecular weight excluding hydrogens is 375 g/mol. The lowest BCUT2D eigenvalue weighted by Gasteiger charge is -2.14. The Morgan fingerprint density at radius 1 is 1.08 bits per heavy atom. The van der Waals surface area contributed by atoms with Gasteiger partial charge in [0.15, 0.2) is 0 Å². The Morgan fingerprint density at radius 2 is 1.77 bits per heavy atom. The highest BCUT2D eigenvalue weighted by Gasteiger charge is 2.12. The van der Waals surface area contributed by atoms with Gasteiger partial charge in [0.25, 0.3) is 5.69 Å². The van der Waals surface area contributed by atoms with E-state index < -0.39 is 0 Å². The highest BCUT2D eigenvalue weighted by Crippen LogP contribution is 2.32. The van der Waals surface area contributed by atoms with Gasteiger partial charge in [-0.15, -0.1) is 24.8 Å². The number of pyridine rings is 1. The molecule has 0 aliphatic heterocycles. The molecule has 1 aromatic heterocycles. The SMILES string of the molecule is CN(C)CCCNc1c2ccccc2nc2cc([N+](=O)[O-])ccc12.Cl.Cl. The van der Waals surface area contributed by atoms with E-state index in [-0.39, 0.29) is 35.4 Å². The van der Waals surface area contributed by atoms with Crippen LogP contribution >= 0.6 is 24.8 Å². The van der Waals surface area contributed by atoms with Gasteiger partial charge >= 0.3 is 0 Å². The van der Waals surface area contributed by atoms with E-state index in [4.69, 9.17) is 0 Å². The van der Waals surface area contributed by atoms with Gasteiger partial charge in [-0.1, -0.05) is 18.2 Å². The quantitative estimate of drug-likeness (QED) is 0.287. The molecule has 0 amide bonds. The van der Waals surface area contributed by atoms with Gasteiger partial charge in [0.05, 0.1) is 21.6 Å². The number of hydrogen-bond donors (Lipinski definition) is 1. The van der Waals surface area contributed by atoms with Crippen molar-refractivity contribution in [2.24, 2.45) is 0 Å². The number of para-hydroxylation sites is 1. The molecule has 0 aliphatic rings. The van der Waals surface area contributed by atoms with Crippen LogP contribution in [0.4, 0.5) is 11.4 Å². The van der Waals surface area contributed by atoms with E-state index in [9.17, 15) is 10.1 Å². The molecule has 26 heavy (non-hydrogen) atoms. The molecule has 3 aromatic rings. The third-order valence-corrected chi connectivity index (χ3v) is 3.96. The van der Waals surface area contributed by atoms with Crippen LogP contribution in [0.15, 0.2) is 42.5 Å². The van der Waals surface area contributed by atoms with Crippen molar-refractivity contribution >= 4 is 58.0 Å². The van der Waals surface area contributed by atoms with Crippen molar-refractivity contribution in [1.82, 2.24) is 9.88 Å². The molecule has 0 spiro atoms. The van der Waals surface area contributed by atoms with Crippen molar-refractivity contribution in [1.29, 1.82) is 0 Å². The number of halogens is 2. The van der Waals surface area contributed by atoms with E-state index in [1.54, 1.807) is 6.07 Å². The van der Waals surface area contributed by atoms with Gasteiger partial charge in [-0.25, -0.2) is 4.98 Å². The van der Waals surface area contributed by atoms with Crippen LogP contribution in [0, 0.1) is 10.1 Å². The molecule has 0 aliphatic carbocycles. The standard InChI is InChI=1S/C18H20N4O2.2ClH/c1-21(2)11-5-10-19-18-14-6-3-4-7-16(14)20-17-12-13(22(23)24)8-9-15(17)18;;/h3-4,6-9,12H,5,10-11H2,1-2H3,(H,19,20);2*1H. The third kappa shape index (κ3) is 4.72. The van der Waals surface area contributed by atoms with Gasteiger partial charge in [0.1, 0.15) is 0 Å². The van der Waals surface area contributed by atoms with Crippen LogP contribution in [0.1, 0.15) is 6.42 Å². The minimum absolute atomic E-state index is 0. The van der Waals surface area contributed by atoms with Crippen molar-refractivity contribution in [3.63, 3.8) is 0 Å². The number of aromatic nitrogens is 1. The largest absolute Gasteiger partial charge is 0.384 e. The maximum absolute atomic E-state index is 11.0. The van der Waals surface area contributed by atoms with E-state index in [0.29, 0.717) is 5.52 Å². The molecule has 3 rings (SSSR count). The van der Waals surface area contributed by atoms with Crippen molar-refractivity contribution in [3.8, 4) is 0 Å². The second-order valence-corrected chi connectivity index (χ2v) is 6.05. The fourth-order valence-corrected chi connectivity index (χ4v) is 2.79. The monoisotopic (exact) mass is 396 g/mol. The summed E-state index contributed by atoms with van der Waals surface area (Å²) < 4.78 is 0. The first-order valence-corrected chi connectivity index (χ1v) is 7.92. The maximum atomic E-state index is 11.0. The first-order valence-electron chi connectivity index (χ1n) is 7.92. The van der Waals surface area contributed by atoms with Gasteiger partial charge in [0, 0.05) is 29.4 Å². The van der Waals surface area contributed by atoms with Crippen molar-refractivity contribution in [3.05, 3.63) is 52.6 Å². The number of nitrogens with zero attached hydrogens (tertiary/aromatic N) is 3. The van der Waals surface area contributed by atoms with Crippen molar-refractivity contribution < 1.29 is 4.92 Å². The normalized spacial score (nSPS) is 10.4. The molecule has 140 valence electrons. The van der Waals surface area contributed by atoms with Crippen molar-refractivity contribution in [2.45, 2.75) is 6.42 Å². The summed E-state index contributed by atoms with van der Waals surface area (Å²) in [6.07, 6.45) is 1.01. The summed E-state index contributed by atoms with van der Waals surface area (Å²) in [5, 5.41) is 16.5. The van der Waals surface area contributed by atoms with E-state index in [2.05, 4.69) is 29.3 Å². The van der Waals surface area contributed by atoms with Crippen LogP contribution in [0.25, 0.3) is 21.8 Å². The number of nitro benzene ring substituents is 1. The molecule has 0 fully saturated rings. The topological polar surface area (TPSA) is 71.3 Å². The zero-order valence-corrected chi connectivity index (χ0v) is 16.3. The van der Waals surface area contributed by atoms with Gasteiger partial charge < -0.3 is 10.2 Å². The zero-order valence-electron chi connectivity index (χ0n) is 14.6. The molecule has 2 aromatic carbocycles. The Labute approximate surface area is 164 Å². The number of rotatable bonds is 6. The Kier molecular flexibility index (Phi) is 8.02. The molecule has 0 saturated carbocycles. The molecule has 0 saturated heterocycles. The lowest BCUT2D eigenvalue weighted by Crippen LogP contribution is -2.16. The first-order chi connectivity index (χ1) is 11.6. The maximum Gasteiger partial charge on any atom is 0.271 e. The summed E-state index contributed by atoms with van der Waals surface area (Å²) in [5.41, 5.74) is 2.52. The van der Waals surface area contributed by atoms with Crippen LogP contribution in [-0.2, 0) is 0 Å². The van der Waals surface area contributed by atoms with Crippen LogP contribution in [0.3, 0.4) is 0 Å². The van der Waals surface area contributed by atoms with Crippen LogP contribution in [-0.4, -0.2) is 42.0 Å². The Morgan fingerprint density at radius 3 is 2.46 bits per heavy atom. The number of nitro groups is 1. The van der Waals surface area contributed by atoms with Crippen molar-refractivity contribution in [2.75, 3.05) is 32.5 Å². The minimum Gasteiger partial charge on any atom is -0.384 e. The highest BCUT2D eigenvalue weighted by molar-refractivity contribution is 6.07. The fourth-order valence-electron chi connectivity index (χ4n) is 2.79. The molecule has 0 unspecified atom stereocenters. The highest BCUT2D eigenvalue weighted by atomic mass is 35.5. The zero-order chi connectivity index (χ0) is 17.1. The molecule has 6 nitrogen and oxygen atoms in total. The number of hydrogen-bond acceptors (Lipinski definition) is 5. The van der Waals surface area contributed by atoms with Gasteiger partial charge in [0.2, 0.25) is 0 Å². The summed E-state index contributed by atoms with van der Waals surface area (Å²) in [5.74, 6) is 0. The van der Waals surface area contributed by atoms with Crippen LogP contribution in [0.5, 0.6) is 0 Å². The molecule has 8 heteroatoms. The number of non-ortho nitro benzene ring substituents is 1. The lowest BCUT2D eigenvalue weighted by molar-refractivity contribution is -0.384. The molecule has 0 atom stereocenters. The minimum atomic E-state index is -0.388. The predicted molar refractivity (Wildman–Crippen MR) is 112 cm³/mol. The second-order valence-electron chi connectivity index (χ2n) is 6.05. The molecule has 1 heterocycles. The molecule has 1 N–H and O–H groups in total. The average Bonchev–Trinajstić information content (AvgIpc) is 2.56. The number of benzene rings is 2. The molecule has 0 radical (unpaired) electrons. The number of fused-ring (bicyclic) bond motifs is 2. The predicted octanol–water partition coefficient (Wildman–Crippen LogP) is 4.50. The lowest BCUT2D eigenvalue weighted by atomic mass is 10.1. The number of nitrogens with one attached hydrogen (secondary N) is 1. The van der Waals surface area contributed by atoms with Crippen LogP contribution < -0.4 is 5.32 Å². The first kappa shape index (κ1) is 21.9. The summed E-state index contributed by atoms with van der Waals surface area (Å²) >= 11 is 0. The smallest absolute Gasteiger partial charge is 0.271 e. The fraction of sp³-hybridized carbons (Fsp3) is 0.278. The third-order valence-electron chi connectivity index (χ3n) is 3.96. The van der Waals surface area contributed by atoms with Crippen LogP contribution in [0.2, 0.25) is 0 Å². The number of anilines is 1. The van der Waals surface area contributed by atoms with E-state index >= 15 is 0 Å². The van der Waals surface area contributed by atoms with Gasteiger partial charge in [-0.2, -0.15) is 0 Å². The van der Waals surface area contributed by atoms with E-state index in [1.807, 2.05) is 24.3 Å². The van der Waals surface area contributed by atoms with E-state index in [0.717, 1.165) is 41.5 Å². The van der Waals surface area contributed by atoms with Gasteiger partial charge in [-0.3, -0.25) is 10.1 Å². The summed E-state index contributed by atoms with van der Waals surface area (Å²) in [6.45, 7) is 1.83. The molecular formula is C18H22Cl2N4O2. The molecule has 0 bridgehead atoms. The average molecular weight is 397 g/mol. The summed E-state index contributed by atoms with van der Waals surface area (Å²) in [7, 11) is 4.10. The summed E-state index contributed by atoms with van der Waals surface area (Å²) in [6, 6.07) is 12.7. The second kappa shape index (κ2) is 9.52. The summed E-state index contributed by atoms with van der Waals surface area (Å²) in [4.78, 5) is 17.4. The van der Waals surface area contributed by atoms with E-state index in [1.165, 1.54) is 12.1 Å². The Bertz CT molecular complexity index is 903. The van der Waals surface area contributed by atoms with Gasteiger partial charge in [-0.05, 0) is 39.2 Å².